The normalized spacial score (nSPS) is 17.6. The summed E-state index contributed by atoms with van der Waals surface area (Å²) in [6, 6.07) is 6.87. The number of fused-ring (bicyclic) bond motifs is 1. The zero-order valence-corrected chi connectivity index (χ0v) is 20.1. The highest BCUT2D eigenvalue weighted by Gasteiger charge is 2.40. The quantitative estimate of drug-likeness (QED) is 0.298. The van der Waals surface area contributed by atoms with Gasteiger partial charge >= 0.3 is 6.18 Å². The van der Waals surface area contributed by atoms with Crippen molar-refractivity contribution >= 4 is 34.8 Å². The second kappa shape index (κ2) is 9.25. The van der Waals surface area contributed by atoms with Crippen LogP contribution in [0.25, 0.3) is 0 Å². The Balaban J connectivity index is 1.58. The van der Waals surface area contributed by atoms with Crippen LogP contribution < -0.4 is 16.0 Å². The maximum Gasteiger partial charge on any atom is 0.416 e. The Hall–Kier alpha value is -3.70. The molecule has 3 aromatic rings. The number of rotatable bonds is 6. The minimum absolute atomic E-state index is 0.000662. The van der Waals surface area contributed by atoms with Gasteiger partial charge in [-0.05, 0) is 61.4 Å². The van der Waals surface area contributed by atoms with Crippen molar-refractivity contribution in [3.63, 3.8) is 0 Å². The molecule has 1 fully saturated rings. The lowest BCUT2D eigenvalue weighted by molar-refractivity contribution is -0.137. The summed E-state index contributed by atoms with van der Waals surface area (Å²) in [6.45, 7) is 0.152. The van der Waals surface area contributed by atoms with Crippen molar-refractivity contribution < 1.29 is 36.6 Å². The molecule has 0 radical (unpaired) electrons. The van der Waals surface area contributed by atoms with Crippen molar-refractivity contribution in [1.82, 2.24) is 5.32 Å². The Morgan fingerprint density at radius 3 is 2.50 bits per heavy atom. The van der Waals surface area contributed by atoms with Gasteiger partial charge in [-0.2, -0.15) is 13.2 Å². The lowest BCUT2D eigenvalue weighted by Gasteiger charge is -2.20. The second-order valence-electron chi connectivity index (χ2n) is 9.32. The average molecular weight is 552 g/mol. The molecule has 3 aromatic carbocycles. The first kappa shape index (κ1) is 25.9. The van der Waals surface area contributed by atoms with E-state index < -0.39 is 52.4 Å². The summed E-state index contributed by atoms with van der Waals surface area (Å²) in [5.74, 6) is -3.53. The molecule has 4 N–H and O–H groups in total. The van der Waals surface area contributed by atoms with Gasteiger partial charge < -0.3 is 21.1 Å². The Morgan fingerprint density at radius 1 is 1.08 bits per heavy atom. The molecule has 198 valence electrons. The monoisotopic (exact) mass is 551 g/mol. The third kappa shape index (κ3) is 5.16. The van der Waals surface area contributed by atoms with E-state index >= 15 is 0 Å². The molecule has 1 unspecified atom stereocenters. The van der Waals surface area contributed by atoms with Gasteiger partial charge in [-0.25, -0.2) is 8.78 Å². The molecule has 1 atom stereocenters. The standard InChI is InChI=1S/C26H19ClF5N3O3/c27-19-2-1-14(28)8-17(19)22-21-18(24(37)35-22)9-16(33-11-25(38)3-4-25)10-20(21)34-23(36)12-5-13(26(30,31)32)7-15(29)6-12/h1-2,5-10,22,33,38H,3-4,11H2,(H,34,36)(H,35,37). The number of hydrogen-bond donors (Lipinski definition) is 4. The maximum atomic E-state index is 14.1. The first-order chi connectivity index (χ1) is 17.8. The summed E-state index contributed by atoms with van der Waals surface area (Å²) in [5.41, 5.74) is -2.05. The van der Waals surface area contributed by atoms with Crippen LogP contribution in [0, 0.1) is 11.6 Å². The number of anilines is 2. The van der Waals surface area contributed by atoms with E-state index in [1.165, 1.54) is 18.2 Å². The molecular weight excluding hydrogens is 533 g/mol. The number of amides is 2. The highest BCUT2D eigenvalue weighted by Crippen LogP contribution is 2.42. The summed E-state index contributed by atoms with van der Waals surface area (Å²) in [7, 11) is 0. The minimum atomic E-state index is -4.89. The summed E-state index contributed by atoms with van der Waals surface area (Å²) < 4.78 is 67.6. The fourth-order valence-corrected chi connectivity index (χ4v) is 4.50. The van der Waals surface area contributed by atoms with Gasteiger partial charge in [-0.15, -0.1) is 0 Å². The smallest absolute Gasteiger partial charge is 0.388 e. The topological polar surface area (TPSA) is 90.5 Å². The molecule has 6 nitrogen and oxygen atoms in total. The molecule has 1 aliphatic heterocycles. The zero-order chi connectivity index (χ0) is 27.4. The van der Waals surface area contributed by atoms with Crippen molar-refractivity contribution in [2.75, 3.05) is 17.2 Å². The van der Waals surface area contributed by atoms with Crippen LogP contribution in [0.4, 0.5) is 33.3 Å². The van der Waals surface area contributed by atoms with E-state index in [-0.39, 0.29) is 40.0 Å². The van der Waals surface area contributed by atoms with Crippen molar-refractivity contribution in [3.05, 3.63) is 93.0 Å². The predicted molar refractivity (Wildman–Crippen MR) is 129 cm³/mol. The number of aliphatic hydroxyl groups is 1. The van der Waals surface area contributed by atoms with Crippen molar-refractivity contribution in [1.29, 1.82) is 0 Å². The molecule has 2 amide bonds. The van der Waals surface area contributed by atoms with Crippen LogP contribution in [-0.2, 0) is 6.18 Å². The first-order valence-corrected chi connectivity index (χ1v) is 11.8. The number of alkyl halides is 3. The molecule has 2 aliphatic rings. The van der Waals surface area contributed by atoms with Gasteiger partial charge in [-0.3, -0.25) is 9.59 Å². The van der Waals surface area contributed by atoms with E-state index in [2.05, 4.69) is 16.0 Å². The highest BCUT2D eigenvalue weighted by molar-refractivity contribution is 6.31. The Kier molecular flexibility index (Phi) is 6.31. The Bertz CT molecular complexity index is 1470. The van der Waals surface area contributed by atoms with Crippen LogP contribution in [0.1, 0.15) is 56.3 Å². The van der Waals surface area contributed by atoms with E-state index in [4.69, 9.17) is 11.6 Å². The lowest BCUT2D eigenvalue weighted by Crippen LogP contribution is -2.21. The van der Waals surface area contributed by atoms with Crippen LogP contribution in [0.2, 0.25) is 5.02 Å². The maximum absolute atomic E-state index is 14.1. The van der Waals surface area contributed by atoms with E-state index in [0.29, 0.717) is 30.7 Å². The van der Waals surface area contributed by atoms with Gasteiger partial charge in [0.25, 0.3) is 11.8 Å². The molecule has 1 aliphatic carbocycles. The Labute approximate surface area is 217 Å². The molecular formula is C26H19ClF5N3O3. The molecule has 0 aromatic heterocycles. The zero-order valence-electron chi connectivity index (χ0n) is 19.3. The number of benzene rings is 3. The Morgan fingerprint density at radius 2 is 1.82 bits per heavy atom. The largest absolute Gasteiger partial charge is 0.416 e. The molecule has 12 heteroatoms. The fourth-order valence-electron chi connectivity index (χ4n) is 4.27. The van der Waals surface area contributed by atoms with E-state index in [1.54, 1.807) is 0 Å². The predicted octanol–water partition coefficient (Wildman–Crippen LogP) is 5.66. The first-order valence-electron chi connectivity index (χ1n) is 11.4. The summed E-state index contributed by atoms with van der Waals surface area (Å²) in [5, 5.41) is 18.4. The van der Waals surface area contributed by atoms with Gasteiger partial charge in [0, 0.05) is 45.2 Å². The third-order valence-corrected chi connectivity index (χ3v) is 6.79. The second-order valence-corrected chi connectivity index (χ2v) is 9.72. The van der Waals surface area contributed by atoms with Gasteiger partial charge in [0.2, 0.25) is 0 Å². The highest BCUT2D eigenvalue weighted by atomic mass is 35.5. The SMILES string of the molecule is O=C(Nc1cc(NCC2(O)CC2)cc2c1C(c1cc(F)ccc1Cl)NC2=O)c1cc(F)cc(C(F)(F)F)c1. The van der Waals surface area contributed by atoms with Crippen molar-refractivity contribution in [2.45, 2.75) is 30.7 Å². The van der Waals surface area contributed by atoms with Gasteiger partial charge in [-0.1, -0.05) is 11.6 Å². The summed E-state index contributed by atoms with van der Waals surface area (Å²) in [6.07, 6.45) is -3.73. The summed E-state index contributed by atoms with van der Waals surface area (Å²) in [4.78, 5) is 25.9. The van der Waals surface area contributed by atoms with Gasteiger partial charge in [0.05, 0.1) is 17.2 Å². The average Bonchev–Trinajstić information content (AvgIpc) is 3.49. The van der Waals surface area contributed by atoms with Crippen LogP contribution in [-0.4, -0.2) is 29.1 Å². The van der Waals surface area contributed by atoms with Crippen LogP contribution in [0.3, 0.4) is 0 Å². The number of nitrogens with one attached hydrogen (secondary N) is 3. The number of hydrogen-bond acceptors (Lipinski definition) is 4. The van der Waals surface area contributed by atoms with E-state index in [9.17, 15) is 36.6 Å². The molecule has 0 saturated heterocycles. The summed E-state index contributed by atoms with van der Waals surface area (Å²) >= 11 is 6.27. The van der Waals surface area contributed by atoms with Gasteiger partial charge in [0.1, 0.15) is 11.6 Å². The van der Waals surface area contributed by atoms with Gasteiger partial charge in [0.15, 0.2) is 0 Å². The van der Waals surface area contributed by atoms with Crippen molar-refractivity contribution in [2.24, 2.45) is 0 Å². The third-order valence-electron chi connectivity index (χ3n) is 6.44. The van der Waals surface area contributed by atoms with Crippen LogP contribution >= 0.6 is 11.6 Å². The fraction of sp³-hybridized carbons (Fsp3) is 0.231. The van der Waals surface area contributed by atoms with Crippen LogP contribution in [0.5, 0.6) is 0 Å². The molecule has 0 spiro atoms. The lowest BCUT2D eigenvalue weighted by atomic mass is 9.95. The van der Waals surface area contributed by atoms with E-state index in [1.807, 2.05) is 0 Å². The van der Waals surface area contributed by atoms with Crippen molar-refractivity contribution in [3.8, 4) is 0 Å². The molecule has 1 saturated carbocycles. The van der Waals surface area contributed by atoms with E-state index in [0.717, 1.165) is 12.1 Å². The molecule has 0 bridgehead atoms. The minimum Gasteiger partial charge on any atom is -0.388 e. The molecule has 1 heterocycles. The van der Waals surface area contributed by atoms with Crippen LogP contribution in [0.15, 0.2) is 48.5 Å². The number of halogens is 6. The number of carbonyl (C=O) groups excluding carboxylic acids is 2. The molecule has 38 heavy (non-hydrogen) atoms. The molecule has 5 rings (SSSR count). The number of carbonyl (C=O) groups is 2.